The lowest BCUT2D eigenvalue weighted by molar-refractivity contribution is -0.125. The number of benzene rings is 2. The van der Waals surface area contributed by atoms with Gasteiger partial charge in [0.2, 0.25) is 0 Å². The van der Waals surface area contributed by atoms with E-state index in [2.05, 4.69) is 5.32 Å². The van der Waals surface area contributed by atoms with Crippen LogP contribution in [0.25, 0.3) is 0 Å². The minimum atomic E-state index is -0.669. The summed E-state index contributed by atoms with van der Waals surface area (Å²) in [4.78, 5) is 12.5. The normalized spacial score (nSPS) is 18.8. The maximum Gasteiger partial charge on any atom is 0.257 e. The monoisotopic (exact) mass is 359 g/mol. The summed E-state index contributed by atoms with van der Waals surface area (Å²) in [6, 6.07) is 12.5. The van der Waals surface area contributed by atoms with E-state index < -0.39 is 6.10 Å². The van der Waals surface area contributed by atoms with Crippen molar-refractivity contribution in [1.82, 2.24) is 0 Å². The Balaban J connectivity index is 1.67. The molecule has 6 heteroatoms. The molecule has 130 valence electrons. The highest BCUT2D eigenvalue weighted by molar-refractivity contribution is 6.30. The van der Waals surface area contributed by atoms with Gasteiger partial charge in [0.15, 0.2) is 6.10 Å². The minimum absolute atomic E-state index is 0.261. The Morgan fingerprint density at radius 3 is 2.28 bits per heavy atom. The highest BCUT2D eigenvalue weighted by atomic mass is 35.5. The van der Waals surface area contributed by atoms with Crippen molar-refractivity contribution >= 4 is 23.2 Å². The molecule has 0 saturated heterocycles. The van der Waals surface area contributed by atoms with E-state index in [1.165, 1.54) is 0 Å². The fourth-order valence-electron chi connectivity index (χ4n) is 2.53. The van der Waals surface area contributed by atoms with Crippen LogP contribution >= 0.6 is 11.6 Å². The fraction of sp³-hybridized carbons (Fsp3) is 0.211. The van der Waals surface area contributed by atoms with Gasteiger partial charge in [0, 0.05) is 28.9 Å². The van der Waals surface area contributed by atoms with E-state index in [1.54, 1.807) is 50.6 Å². The second-order valence-corrected chi connectivity index (χ2v) is 5.94. The van der Waals surface area contributed by atoms with Crippen molar-refractivity contribution in [2.45, 2.75) is 12.2 Å². The number of amides is 1. The first-order chi connectivity index (χ1) is 12.1. The molecule has 1 amide bonds. The van der Waals surface area contributed by atoms with Crippen molar-refractivity contribution in [2.75, 3.05) is 19.5 Å². The molecule has 1 aliphatic heterocycles. The molecule has 0 aliphatic carbocycles. The molecule has 0 bridgehead atoms. The van der Waals surface area contributed by atoms with Gasteiger partial charge >= 0.3 is 0 Å². The van der Waals surface area contributed by atoms with Crippen molar-refractivity contribution in [3.63, 3.8) is 0 Å². The van der Waals surface area contributed by atoms with Crippen LogP contribution in [0.4, 0.5) is 5.69 Å². The van der Waals surface area contributed by atoms with Crippen molar-refractivity contribution in [1.29, 1.82) is 0 Å². The average molecular weight is 360 g/mol. The number of carbonyl (C=O) groups excluding carboxylic acids is 1. The highest BCUT2D eigenvalue weighted by Gasteiger charge is 2.26. The SMILES string of the molecule is COc1cc(NC(=O)C2C=CC(c3ccc(Cl)cc3)O2)cc(OC)c1. The number of hydrogen-bond acceptors (Lipinski definition) is 4. The predicted molar refractivity (Wildman–Crippen MR) is 96.4 cm³/mol. The molecule has 2 atom stereocenters. The lowest BCUT2D eigenvalue weighted by Gasteiger charge is -2.15. The molecule has 0 saturated carbocycles. The van der Waals surface area contributed by atoms with Gasteiger partial charge < -0.3 is 19.5 Å². The number of ether oxygens (including phenoxy) is 3. The molecule has 0 spiro atoms. The van der Waals surface area contributed by atoms with E-state index in [9.17, 15) is 4.79 Å². The number of hydrogen-bond donors (Lipinski definition) is 1. The average Bonchev–Trinajstić information content (AvgIpc) is 3.12. The lowest BCUT2D eigenvalue weighted by atomic mass is 10.1. The molecule has 2 aromatic rings. The third kappa shape index (κ3) is 4.13. The Hall–Kier alpha value is -2.50. The Labute approximate surface area is 151 Å². The number of nitrogens with one attached hydrogen (secondary N) is 1. The molecule has 5 nitrogen and oxygen atoms in total. The molecule has 1 heterocycles. The summed E-state index contributed by atoms with van der Waals surface area (Å²) in [5, 5.41) is 3.48. The van der Waals surface area contributed by atoms with E-state index in [4.69, 9.17) is 25.8 Å². The van der Waals surface area contributed by atoms with Crippen LogP contribution in [0.2, 0.25) is 5.02 Å². The Morgan fingerprint density at radius 1 is 1.04 bits per heavy atom. The summed E-state index contributed by atoms with van der Waals surface area (Å²) in [5.74, 6) is 0.927. The second-order valence-electron chi connectivity index (χ2n) is 5.50. The fourth-order valence-corrected chi connectivity index (χ4v) is 2.66. The van der Waals surface area contributed by atoms with E-state index in [1.807, 2.05) is 18.2 Å². The quantitative estimate of drug-likeness (QED) is 0.820. The third-order valence-corrected chi connectivity index (χ3v) is 4.08. The smallest absolute Gasteiger partial charge is 0.257 e. The van der Waals surface area contributed by atoms with Gasteiger partial charge in [0.05, 0.1) is 14.2 Å². The molecule has 2 aromatic carbocycles. The van der Waals surface area contributed by atoms with Gasteiger partial charge in [-0.25, -0.2) is 0 Å². The standard InChI is InChI=1S/C19H18ClNO4/c1-23-15-9-14(10-16(11-15)24-2)21-19(22)18-8-7-17(25-18)12-3-5-13(20)6-4-12/h3-11,17-18H,1-2H3,(H,21,22). The number of halogens is 1. The summed E-state index contributed by atoms with van der Waals surface area (Å²) in [6.07, 6.45) is 2.66. The first-order valence-electron chi connectivity index (χ1n) is 7.72. The van der Waals surface area contributed by atoms with Gasteiger partial charge in [-0.2, -0.15) is 0 Å². The molecular formula is C19H18ClNO4. The number of anilines is 1. The summed E-state index contributed by atoms with van der Waals surface area (Å²) in [5.41, 5.74) is 1.52. The van der Waals surface area contributed by atoms with Crippen molar-refractivity contribution in [3.05, 3.63) is 65.2 Å². The molecule has 0 radical (unpaired) electrons. The molecule has 3 rings (SSSR count). The van der Waals surface area contributed by atoms with Crippen LogP contribution in [0.5, 0.6) is 11.5 Å². The van der Waals surface area contributed by atoms with Gasteiger partial charge in [-0.05, 0) is 23.8 Å². The Bertz CT molecular complexity index is 766. The maximum absolute atomic E-state index is 12.5. The van der Waals surface area contributed by atoms with E-state index in [0.29, 0.717) is 22.2 Å². The van der Waals surface area contributed by atoms with E-state index in [-0.39, 0.29) is 12.0 Å². The molecule has 0 fully saturated rings. The zero-order valence-corrected chi connectivity index (χ0v) is 14.6. The van der Waals surface area contributed by atoms with E-state index >= 15 is 0 Å². The molecule has 25 heavy (non-hydrogen) atoms. The number of carbonyl (C=O) groups is 1. The van der Waals surface area contributed by atoms with Gasteiger partial charge in [-0.3, -0.25) is 4.79 Å². The third-order valence-electron chi connectivity index (χ3n) is 3.83. The van der Waals surface area contributed by atoms with E-state index in [0.717, 1.165) is 5.56 Å². The Morgan fingerprint density at radius 2 is 1.68 bits per heavy atom. The number of rotatable bonds is 5. The van der Waals surface area contributed by atoms with Gasteiger partial charge in [0.1, 0.15) is 17.6 Å². The maximum atomic E-state index is 12.5. The molecule has 1 N–H and O–H groups in total. The first-order valence-corrected chi connectivity index (χ1v) is 8.10. The van der Waals surface area contributed by atoms with Crippen LogP contribution in [-0.4, -0.2) is 26.2 Å². The van der Waals surface area contributed by atoms with Crippen LogP contribution in [0.3, 0.4) is 0 Å². The summed E-state index contributed by atoms with van der Waals surface area (Å²) >= 11 is 5.89. The largest absolute Gasteiger partial charge is 0.497 e. The van der Waals surface area contributed by atoms with Crippen LogP contribution in [0.1, 0.15) is 11.7 Å². The molecular weight excluding hydrogens is 342 g/mol. The van der Waals surface area contributed by atoms with Crippen LogP contribution < -0.4 is 14.8 Å². The predicted octanol–water partition coefficient (Wildman–Crippen LogP) is 3.99. The van der Waals surface area contributed by atoms with Crippen molar-refractivity contribution in [3.8, 4) is 11.5 Å². The van der Waals surface area contributed by atoms with Gasteiger partial charge in [-0.1, -0.05) is 29.8 Å². The molecule has 1 aliphatic rings. The summed E-state index contributed by atoms with van der Waals surface area (Å²) < 4.78 is 16.2. The minimum Gasteiger partial charge on any atom is -0.497 e. The summed E-state index contributed by atoms with van der Waals surface area (Å²) in [6.45, 7) is 0. The zero-order chi connectivity index (χ0) is 17.8. The first kappa shape index (κ1) is 17.3. The van der Waals surface area contributed by atoms with Crippen LogP contribution in [-0.2, 0) is 9.53 Å². The topological polar surface area (TPSA) is 56.8 Å². The van der Waals surface area contributed by atoms with Gasteiger partial charge in [0.25, 0.3) is 5.91 Å². The Kier molecular flexibility index (Phi) is 5.26. The highest BCUT2D eigenvalue weighted by Crippen LogP contribution is 2.29. The zero-order valence-electron chi connectivity index (χ0n) is 13.9. The summed E-state index contributed by atoms with van der Waals surface area (Å²) in [7, 11) is 3.11. The number of methoxy groups -OCH3 is 2. The molecule has 0 aromatic heterocycles. The van der Waals surface area contributed by atoms with Crippen molar-refractivity contribution in [2.24, 2.45) is 0 Å². The van der Waals surface area contributed by atoms with Crippen LogP contribution in [0.15, 0.2) is 54.6 Å². The van der Waals surface area contributed by atoms with Crippen LogP contribution in [0, 0.1) is 0 Å². The molecule has 2 unspecified atom stereocenters. The lowest BCUT2D eigenvalue weighted by Crippen LogP contribution is -2.27. The second kappa shape index (κ2) is 7.59. The van der Waals surface area contributed by atoms with Crippen molar-refractivity contribution < 1.29 is 19.0 Å². The van der Waals surface area contributed by atoms with Gasteiger partial charge in [-0.15, -0.1) is 0 Å².